The molecule has 0 saturated carbocycles. The molecule has 0 aliphatic carbocycles. The lowest BCUT2D eigenvalue weighted by molar-refractivity contribution is 0.245. The van der Waals surface area contributed by atoms with Gasteiger partial charge in [0.2, 0.25) is 0 Å². The molecule has 0 amide bonds. The fraction of sp³-hybridized carbons (Fsp3) is 0.571. The van der Waals surface area contributed by atoms with E-state index < -0.39 is 0 Å². The Kier molecular flexibility index (Phi) is 8.94. The summed E-state index contributed by atoms with van der Waals surface area (Å²) in [7, 11) is 3.96. The SMILES string of the molecule is COc1ccccc1N1CCN(CCCCCOc2cccc(C)c2N2CCN(C)CC2)CC1. The molecule has 2 aromatic carbocycles. The lowest BCUT2D eigenvalue weighted by Crippen LogP contribution is -2.46. The molecule has 2 aromatic rings. The Morgan fingerprint density at radius 3 is 2.21 bits per heavy atom. The van der Waals surface area contributed by atoms with Gasteiger partial charge in [-0.15, -0.1) is 0 Å². The summed E-state index contributed by atoms with van der Waals surface area (Å²) in [5, 5.41) is 0. The Morgan fingerprint density at radius 2 is 1.44 bits per heavy atom. The zero-order chi connectivity index (χ0) is 23.8. The third-order valence-corrected chi connectivity index (χ3v) is 7.19. The van der Waals surface area contributed by atoms with Crippen molar-refractivity contribution in [3.63, 3.8) is 0 Å². The number of piperazine rings is 2. The number of nitrogens with zero attached hydrogens (tertiary/aromatic N) is 4. The van der Waals surface area contributed by atoms with E-state index in [4.69, 9.17) is 9.47 Å². The van der Waals surface area contributed by atoms with Crippen LogP contribution in [-0.4, -0.2) is 89.5 Å². The highest BCUT2D eigenvalue weighted by Gasteiger charge is 2.20. The second-order valence-corrected chi connectivity index (χ2v) is 9.62. The van der Waals surface area contributed by atoms with Gasteiger partial charge in [0.15, 0.2) is 0 Å². The van der Waals surface area contributed by atoms with Crippen molar-refractivity contribution in [3.8, 4) is 11.5 Å². The zero-order valence-electron chi connectivity index (χ0n) is 21.3. The van der Waals surface area contributed by atoms with Crippen LogP contribution >= 0.6 is 0 Å². The number of para-hydroxylation sites is 3. The number of ether oxygens (including phenoxy) is 2. The Hall–Kier alpha value is -2.44. The smallest absolute Gasteiger partial charge is 0.142 e. The maximum atomic E-state index is 6.29. The second-order valence-electron chi connectivity index (χ2n) is 9.62. The topological polar surface area (TPSA) is 31.4 Å². The molecular weight excluding hydrogens is 424 g/mol. The summed E-state index contributed by atoms with van der Waals surface area (Å²) in [5.74, 6) is 2.03. The van der Waals surface area contributed by atoms with E-state index in [-0.39, 0.29) is 0 Å². The maximum absolute atomic E-state index is 6.29. The average Bonchev–Trinajstić information content (AvgIpc) is 2.87. The highest BCUT2D eigenvalue weighted by atomic mass is 16.5. The summed E-state index contributed by atoms with van der Waals surface area (Å²) in [4.78, 5) is 9.94. The first-order valence-corrected chi connectivity index (χ1v) is 12.9. The predicted octanol–water partition coefficient (Wildman–Crippen LogP) is 4.13. The fourth-order valence-electron chi connectivity index (χ4n) is 5.08. The molecule has 2 fully saturated rings. The number of benzene rings is 2. The van der Waals surface area contributed by atoms with E-state index in [1.165, 1.54) is 36.3 Å². The van der Waals surface area contributed by atoms with E-state index in [9.17, 15) is 0 Å². The van der Waals surface area contributed by atoms with Gasteiger partial charge in [0.05, 0.1) is 25.1 Å². The molecule has 0 unspecified atom stereocenters. The van der Waals surface area contributed by atoms with Crippen LogP contribution in [-0.2, 0) is 0 Å². The second kappa shape index (κ2) is 12.3. The van der Waals surface area contributed by atoms with Crippen LogP contribution in [0.1, 0.15) is 24.8 Å². The number of methoxy groups -OCH3 is 1. The highest BCUT2D eigenvalue weighted by molar-refractivity contribution is 5.64. The minimum Gasteiger partial charge on any atom is -0.495 e. The van der Waals surface area contributed by atoms with E-state index in [1.807, 2.05) is 6.07 Å². The lowest BCUT2D eigenvalue weighted by atomic mass is 10.1. The van der Waals surface area contributed by atoms with Crippen molar-refractivity contribution in [2.24, 2.45) is 0 Å². The van der Waals surface area contributed by atoms with Gasteiger partial charge in [-0.2, -0.15) is 0 Å². The van der Waals surface area contributed by atoms with E-state index in [2.05, 4.69) is 70.0 Å². The summed E-state index contributed by atoms with van der Waals surface area (Å²) in [6.07, 6.45) is 3.55. The van der Waals surface area contributed by atoms with Crippen LogP contribution in [0.4, 0.5) is 11.4 Å². The molecule has 2 aliphatic heterocycles. The van der Waals surface area contributed by atoms with Gasteiger partial charge in [-0.1, -0.05) is 24.3 Å². The summed E-state index contributed by atoms with van der Waals surface area (Å²) in [6.45, 7) is 12.9. The molecule has 0 radical (unpaired) electrons. The Balaban J connectivity index is 1.15. The third kappa shape index (κ3) is 6.36. The zero-order valence-corrected chi connectivity index (χ0v) is 21.3. The van der Waals surface area contributed by atoms with E-state index in [0.717, 1.165) is 76.9 Å². The minimum atomic E-state index is 0.797. The van der Waals surface area contributed by atoms with Crippen LogP contribution < -0.4 is 19.3 Å². The van der Waals surface area contributed by atoms with Gasteiger partial charge in [0, 0.05) is 52.4 Å². The first-order valence-electron chi connectivity index (χ1n) is 12.9. The normalized spacial score (nSPS) is 17.7. The molecule has 2 heterocycles. The highest BCUT2D eigenvalue weighted by Crippen LogP contribution is 2.33. The van der Waals surface area contributed by atoms with Crippen LogP contribution in [0.2, 0.25) is 0 Å². The molecule has 6 heteroatoms. The summed E-state index contributed by atoms with van der Waals surface area (Å²) < 4.78 is 11.8. The quantitative estimate of drug-likeness (QED) is 0.490. The van der Waals surface area contributed by atoms with Crippen molar-refractivity contribution in [2.75, 3.05) is 89.5 Å². The van der Waals surface area contributed by atoms with Crippen LogP contribution in [0.3, 0.4) is 0 Å². The Labute approximate surface area is 206 Å². The van der Waals surface area contributed by atoms with Crippen molar-refractivity contribution in [1.82, 2.24) is 9.80 Å². The minimum absolute atomic E-state index is 0.797. The number of aryl methyl sites for hydroxylation is 1. The van der Waals surface area contributed by atoms with E-state index in [0.29, 0.717) is 0 Å². The first-order chi connectivity index (χ1) is 16.7. The molecule has 2 saturated heterocycles. The lowest BCUT2D eigenvalue weighted by Gasteiger charge is -2.36. The molecule has 0 spiro atoms. The molecule has 4 rings (SSSR count). The summed E-state index contributed by atoms with van der Waals surface area (Å²) in [6, 6.07) is 14.8. The fourth-order valence-corrected chi connectivity index (χ4v) is 5.08. The Bertz CT molecular complexity index is 890. The first kappa shape index (κ1) is 24.7. The largest absolute Gasteiger partial charge is 0.495 e. The van der Waals surface area contributed by atoms with Crippen LogP contribution in [0.25, 0.3) is 0 Å². The van der Waals surface area contributed by atoms with Gasteiger partial charge in [-0.25, -0.2) is 0 Å². The van der Waals surface area contributed by atoms with Crippen molar-refractivity contribution < 1.29 is 9.47 Å². The molecule has 2 aliphatic rings. The van der Waals surface area contributed by atoms with Crippen LogP contribution in [0, 0.1) is 6.92 Å². The Morgan fingerprint density at radius 1 is 0.735 bits per heavy atom. The number of hydrogen-bond donors (Lipinski definition) is 0. The predicted molar refractivity (Wildman–Crippen MR) is 142 cm³/mol. The molecule has 0 bridgehead atoms. The molecule has 0 aromatic heterocycles. The number of rotatable bonds is 10. The number of unbranched alkanes of at least 4 members (excludes halogenated alkanes) is 2. The molecular formula is C28H42N4O2. The molecule has 6 nitrogen and oxygen atoms in total. The van der Waals surface area contributed by atoms with Crippen molar-refractivity contribution in [1.29, 1.82) is 0 Å². The number of hydrogen-bond acceptors (Lipinski definition) is 6. The van der Waals surface area contributed by atoms with E-state index >= 15 is 0 Å². The summed E-state index contributed by atoms with van der Waals surface area (Å²) >= 11 is 0. The molecule has 186 valence electrons. The standard InChI is InChI=1S/C28H42N4O2/c1-24-10-9-13-27(28(24)32-19-15-29(2)16-20-32)34-23-8-4-7-14-30-17-21-31(22-18-30)25-11-5-6-12-26(25)33-3/h5-6,9-13H,4,7-8,14-23H2,1-3H3. The number of likely N-dealkylation sites (N-methyl/N-ethyl adjacent to an activating group) is 1. The summed E-state index contributed by atoms with van der Waals surface area (Å²) in [5.41, 5.74) is 3.83. The number of anilines is 2. The van der Waals surface area contributed by atoms with Crippen LogP contribution in [0.15, 0.2) is 42.5 Å². The molecule has 0 N–H and O–H groups in total. The maximum Gasteiger partial charge on any atom is 0.142 e. The van der Waals surface area contributed by atoms with Gasteiger partial charge in [-0.3, -0.25) is 4.90 Å². The molecule has 0 atom stereocenters. The van der Waals surface area contributed by atoms with Gasteiger partial charge in [-0.05, 0) is 63.5 Å². The van der Waals surface area contributed by atoms with Gasteiger partial charge < -0.3 is 24.2 Å². The monoisotopic (exact) mass is 466 g/mol. The van der Waals surface area contributed by atoms with Gasteiger partial charge in [0.25, 0.3) is 0 Å². The van der Waals surface area contributed by atoms with Gasteiger partial charge >= 0.3 is 0 Å². The average molecular weight is 467 g/mol. The van der Waals surface area contributed by atoms with Gasteiger partial charge in [0.1, 0.15) is 11.5 Å². The molecule has 34 heavy (non-hydrogen) atoms. The van der Waals surface area contributed by atoms with Crippen LogP contribution in [0.5, 0.6) is 11.5 Å². The van der Waals surface area contributed by atoms with Crippen molar-refractivity contribution in [2.45, 2.75) is 26.2 Å². The van der Waals surface area contributed by atoms with E-state index in [1.54, 1.807) is 7.11 Å². The van der Waals surface area contributed by atoms with Crippen molar-refractivity contribution >= 4 is 11.4 Å². The third-order valence-electron chi connectivity index (χ3n) is 7.19. The van der Waals surface area contributed by atoms with Crippen molar-refractivity contribution in [3.05, 3.63) is 48.0 Å².